The number of rotatable bonds is 5. The van der Waals surface area contributed by atoms with Gasteiger partial charge >= 0.3 is 0 Å². The molecule has 148 valence electrons. The summed E-state index contributed by atoms with van der Waals surface area (Å²) in [5, 5.41) is 0.960. The molecular formula is C19H23N5O3S. The van der Waals surface area contributed by atoms with Crippen LogP contribution < -0.4 is 10.5 Å². The number of H-pyrrole nitrogens is 1. The average Bonchev–Trinajstić information content (AvgIpc) is 3.09. The minimum absolute atomic E-state index is 0.0950. The number of sulfone groups is 1. The highest BCUT2D eigenvalue weighted by atomic mass is 32.2. The molecule has 0 spiro atoms. The third-order valence-electron chi connectivity index (χ3n) is 5.60. The molecule has 0 radical (unpaired) electrons. The molecule has 0 atom stereocenters. The molecule has 3 aromatic rings. The molecule has 4 rings (SSSR count). The highest BCUT2D eigenvalue weighted by Crippen LogP contribution is 2.36. The van der Waals surface area contributed by atoms with Crippen LogP contribution in [0.2, 0.25) is 0 Å². The first-order chi connectivity index (χ1) is 13.3. The lowest BCUT2D eigenvalue weighted by Crippen LogP contribution is -2.45. The van der Waals surface area contributed by atoms with Crippen molar-refractivity contribution in [3.8, 4) is 0 Å². The van der Waals surface area contributed by atoms with Crippen LogP contribution in [0, 0.1) is 12.8 Å². The molecule has 1 N–H and O–H groups in total. The van der Waals surface area contributed by atoms with E-state index in [0.717, 1.165) is 29.7 Å². The van der Waals surface area contributed by atoms with E-state index >= 15 is 0 Å². The maximum atomic E-state index is 12.9. The fourth-order valence-electron chi connectivity index (χ4n) is 3.89. The Morgan fingerprint density at radius 2 is 2.07 bits per heavy atom. The van der Waals surface area contributed by atoms with Crippen molar-refractivity contribution in [1.82, 2.24) is 19.5 Å². The zero-order valence-corrected chi connectivity index (χ0v) is 16.9. The lowest BCUT2D eigenvalue weighted by Gasteiger charge is -2.41. The van der Waals surface area contributed by atoms with Gasteiger partial charge in [0, 0.05) is 38.6 Å². The number of aryl methyl sites for hydroxylation is 2. The molecule has 1 saturated carbocycles. The van der Waals surface area contributed by atoms with E-state index in [1.54, 1.807) is 14.0 Å². The quantitative estimate of drug-likeness (QED) is 0.698. The molecule has 0 aromatic carbocycles. The molecule has 1 aliphatic carbocycles. The lowest BCUT2D eigenvalue weighted by atomic mass is 9.81. The molecule has 0 bridgehead atoms. The SMILES string of the molecule is Cc1cc(=O)n(C)cc1S(=O)(=O)CC1CC(N(C)c2ncnc3[nH]ccc23)C1. The number of fused-ring (bicyclic) bond motifs is 1. The highest BCUT2D eigenvalue weighted by Gasteiger charge is 2.37. The molecule has 8 nitrogen and oxygen atoms in total. The Hall–Kier alpha value is -2.68. The second-order valence-electron chi connectivity index (χ2n) is 7.59. The van der Waals surface area contributed by atoms with Gasteiger partial charge in [0.1, 0.15) is 17.8 Å². The van der Waals surface area contributed by atoms with Crippen LogP contribution in [0.1, 0.15) is 18.4 Å². The van der Waals surface area contributed by atoms with Gasteiger partial charge in [-0.25, -0.2) is 18.4 Å². The third-order valence-corrected chi connectivity index (χ3v) is 7.61. The standard InChI is InChI=1S/C19H23N5O3S/c1-12-6-17(25)23(2)9-16(12)28(26,27)10-13-7-14(8-13)24(3)19-15-4-5-20-18(15)21-11-22-19/h4-6,9,11,13-14H,7-8,10H2,1-3H3,(H,20,21,22). The molecule has 1 aliphatic rings. The monoisotopic (exact) mass is 401 g/mol. The summed E-state index contributed by atoms with van der Waals surface area (Å²) in [6.07, 6.45) is 6.38. The second-order valence-corrected chi connectivity index (χ2v) is 9.59. The number of hydrogen-bond acceptors (Lipinski definition) is 6. The molecule has 3 aromatic heterocycles. The summed E-state index contributed by atoms with van der Waals surface area (Å²) in [5.74, 6) is 1.05. The van der Waals surface area contributed by atoms with Crippen LogP contribution in [0.3, 0.4) is 0 Å². The first-order valence-electron chi connectivity index (χ1n) is 9.17. The Bertz CT molecular complexity index is 1190. The summed E-state index contributed by atoms with van der Waals surface area (Å²) in [7, 11) is 0.117. The van der Waals surface area contributed by atoms with Gasteiger partial charge in [-0.05, 0) is 37.3 Å². The van der Waals surface area contributed by atoms with Crippen molar-refractivity contribution in [2.24, 2.45) is 13.0 Å². The van der Waals surface area contributed by atoms with Crippen LogP contribution in [0.4, 0.5) is 5.82 Å². The first kappa shape index (κ1) is 18.7. The van der Waals surface area contributed by atoms with Gasteiger partial charge in [-0.15, -0.1) is 0 Å². The Morgan fingerprint density at radius 3 is 2.82 bits per heavy atom. The van der Waals surface area contributed by atoms with E-state index in [2.05, 4.69) is 19.9 Å². The highest BCUT2D eigenvalue weighted by molar-refractivity contribution is 7.91. The number of nitrogens with one attached hydrogen (secondary N) is 1. The van der Waals surface area contributed by atoms with E-state index in [-0.39, 0.29) is 28.2 Å². The number of pyridine rings is 1. The van der Waals surface area contributed by atoms with Gasteiger partial charge in [0.05, 0.1) is 16.0 Å². The number of anilines is 1. The predicted molar refractivity (Wildman–Crippen MR) is 107 cm³/mol. The van der Waals surface area contributed by atoms with Crippen molar-refractivity contribution >= 4 is 26.7 Å². The van der Waals surface area contributed by atoms with Crippen LogP contribution in [-0.2, 0) is 16.9 Å². The normalized spacial score (nSPS) is 19.5. The molecule has 0 amide bonds. The van der Waals surface area contributed by atoms with Crippen molar-refractivity contribution in [2.45, 2.75) is 30.7 Å². The van der Waals surface area contributed by atoms with Crippen LogP contribution in [0.15, 0.2) is 40.5 Å². The summed E-state index contributed by atoms with van der Waals surface area (Å²) in [5.41, 5.74) is 1.09. The van der Waals surface area contributed by atoms with Crippen molar-refractivity contribution in [3.05, 3.63) is 46.8 Å². The summed E-state index contributed by atoms with van der Waals surface area (Å²) in [4.78, 5) is 25.7. The van der Waals surface area contributed by atoms with Crippen molar-refractivity contribution in [2.75, 3.05) is 17.7 Å². The molecule has 28 heavy (non-hydrogen) atoms. The van der Waals surface area contributed by atoms with Gasteiger partial charge in [0.25, 0.3) is 5.56 Å². The largest absolute Gasteiger partial charge is 0.356 e. The van der Waals surface area contributed by atoms with Gasteiger partial charge in [-0.1, -0.05) is 0 Å². The number of aromatic nitrogens is 4. The fraction of sp³-hybridized carbons (Fsp3) is 0.421. The first-order valence-corrected chi connectivity index (χ1v) is 10.8. The zero-order valence-electron chi connectivity index (χ0n) is 16.1. The van der Waals surface area contributed by atoms with Gasteiger partial charge in [0.15, 0.2) is 9.84 Å². The van der Waals surface area contributed by atoms with Gasteiger partial charge < -0.3 is 14.5 Å². The smallest absolute Gasteiger partial charge is 0.250 e. The van der Waals surface area contributed by atoms with Gasteiger partial charge in [0.2, 0.25) is 0 Å². The van der Waals surface area contributed by atoms with Crippen LogP contribution in [0.5, 0.6) is 0 Å². The number of aromatic amines is 1. The lowest BCUT2D eigenvalue weighted by molar-refractivity contribution is 0.282. The second kappa shape index (κ2) is 6.73. The molecular weight excluding hydrogens is 378 g/mol. The molecule has 1 fully saturated rings. The molecule has 0 saturated heterocycles. The summed E-state index contributed by atoms with van der Waals surface area (Å²) < 4.78 is 27.0. The minimum Gasteiger partial charge on any atom is -0.356 e. The molecule has 9 heteroatoms. The summed E-state index contributed by atoms with van der Waals surface area (Å²) >= 11 is 0. The number of hydrogen-bond donors (Lipinski definition) is 1. The summed E-state index contributed by atoms with van der Waals surface area (Å²) in [6.45, 7) is 1.67. The van der Waals surface area contributed by atoms with E-state index in [9.17, 15) is 13.2 Å². The van der Waals surface area contributed by atoms with E-state index < -0.39 is 9.84 Å². The van der Waals surface area contributed by atoms with Crippen molar-refractivity contribution < 1.29 is 8.42 Å². The Balaban J connectivity index is 1.46. The Kier molecular flexibility index (Phi) is 4.49. The van der Waals surface area contributed by atoms with E-state index in [4.69, 9.17) is 0 Å². The van der Waals surface area contributed by atoms with E-state index in [0.29, 0.717) is 5.56 Å². The summed E-state index contributed by atoms with van der Waals surface area (Å²) in [6, 6.07) is 3.57. The van der Waals surface area contributed by atoms with Crippen LogP contribution >= 0.6 is 0 Å². The average molecular weight is 401 g/mol. The molecule has 3 heterocycles. The molecule has 0 unspecified atom stereocenters. The maximum Gasteiger partial charge on any atom is 0.250 e. The predicted octanol–water partition coefficient (Wildman–Crippen LogP) is 1.65. The van der Waals surface area contributed by atoms with Crippen LogP contribution in [0.25, 0.3) is 11.0 Å². The van der Waals surface area contributed by atoms with E-state index in [1.165, 1.54) is 23.2 Å². The van der Waals surface area contributed by atoms with Gasteiger partial charge in [-0.3, -0.25) is 4.79 Å². The maximum absolute atomic E-state index is 12.9. The number of nitrogens with zero attached hydrogens (tertiary/aromatic N) is 4. The van der Waals surface area contributed by atoms with E-state index in [1.807, 2.05) is 19.3 Å². The Labute approximate surface area is 163 Å². The zero-order chi connectivity index (χ0) is 20.1. The third kappa shape index (κ3) is 3.19. The van der Waals surface area contributed by atoms with Gasteiger partial charge in [-0.2, -0.15) is 0 Å². The fourth-order valence-corrected chi connectivity index (χ4v) is 5.83. The molecule has 0 aliphatic heterocycles. The van der Waals surface area contributed by atoms with Crippen molar-refractivity contribution in [1.29, 1.82) is 0 Å². The minimum atomic E-state index is -3.44. The van der Waals surface area contributed by atoms with Crippen LogP contribution in [-0.4, -0.2) is 46.8 Å². The van der Waals surface area contributed by atoms with Crippen molar-refractivity contribution in [3.63, 3.8) is 0 Å². The Morgan fingerprint density at radius 1 is 1.32 bits per heavy atom. The topological polar surface area (TPSA) is 101 Å².